The van der Waals surface area contributed by atoms with E-state index in [1.54, 1.807) is 6.26 Å². The summed E-state index contributed by atoms with van der Waals surface area (Å²) in [5.41, 5.74) is 1.92. The van der Waals surface area contributed by atoms with E-state index in [1.165, 1.54) is 0 Å². The van der Waals surface area contributed by atoms with Crippen molar-refractivity contribution >= 4 is 36.5 Å². The topological polar surface area (TPSA) is 77.1 Å². The predicted molar refractivity (Wildman–Crippen MR) is 120 cm³/mol. The summed E-state index contributed by atoms with van der Waals surface area (Å²) in [7, 11) is 0.816. The molecule has 0 aliphatic heterocycles. The minimum atomic E-state index is -1.13. The van der Waals surface area contributed by atoms with Crippen molar-refractivity contribution in [2.24, 2.45) is 0 Å². The summed E-state index contributed by atoms with van der Waals surface area (Å²) in [5, 5.41) is 7.67. The Kier molecular flexibility index (Phi) is 7.34. The van der Waals surface area contributed by atoms with Crippen LogP contribution in [-0.2, 0) is 24.4 Å². The van der Waals surface area contributed by atoms with Crippen LogP contribution in [-0.4, -0.2) is 42.8 Å². The lowest BCUT2D eigenvalue weighted by atomic mass is 10.3. The van der Waals surface area contributed by atoms with Crippen molar-refractivity contribution in [2.75, 3.05) is 25.5 Å². The summed E-state index contributed by atoms with van der Waals surface area (Å²) in [6, 6.07) is 7.03. The molecule has 0 spiro atoms. The number of hydrogen-bond acceptors (Lipinski definition) is 6. The Hall–Kier alpha value is -1.87. The van der Waals surface area contributed by atoms with Gasteiger partial charge in [-0.25, -0.2) is 4.98 Å². The molecule has 0 radical (unpaired) electrons. The van der Waals surface area contributed by atoms with Gasteiger partial charge in [-0.15, -0.1) is 0 Å². The van der Waals surface area contributed by atoms with Crippen molar-refractivity contribution < 1.29 is 9.15 Å². The summed E-state index contributed by atoms with van der Waals surface area (Å²) in [5.74, 6) is 1.53. The maximum Gasteiger partial charge on any atom is 0.226 e. The molecule has 0 atom stereocenters. The smallest absolute Gasteiger partial charge is 0.226 e. The van der Waals surface area contributed by atoms with E-state index >= 15 is 0 Å². The number of hydrogen-bond donors (Lipinski definition) is 2. The molecular formula is C20H30ClN5O2Si. The lowest BCUT2D eigenvalue weighted by Gasteiger charge is -2.16. The van der Waals surface area contributed by atoms with Gasteiger partial charge < -0.3 is 24.4 Å². The summed E-state index contributed by atoms with van der Waals surface area (Å²) >= 11 is 6.24. The molecule has 0 bridgehead atoms. The third kappa shape index (κ3) is 6.05. The molecule has 7 nitrogen and oxygen atoms in total. The van der Waals surface area contributed by atoms with Gasteiger partial charge in [0.2, 0.25) is 5.28 Å². The fraction of sp³-hybridized carbons (Fsp3) is 0.500. The van der Waals surface area contributed by atoms with E-state index in [2.05, 4.69) is 50.9 Å². The standard InChI is InChI=1S/C20H30ClN5O2Si/c1-22-8-7-15-12-17-18(23-13-16-6-5-9-28-16)24-20(21)25-19(17)26(15)14-27-10-11-29(2,3)4/h5-6,9,12,22H,7-8,10-11,13-14H2,1-4H3,(H,23,24,25). The molecule has 0 aliphatic carbocycles. The number of anilines is 1. The van der Waals surface area contributed by atoms with Crippen LogP contribution in [0.4, 0.5) is 5.82 Å². The Labute approximate surface area is 177 Å². The minimum absolute atomic E-state index is 0.209. The second-order valence-corrected chi connectivity index (χ2v) is 14.2. The molecule has 3 aromatic heterocycles. The summed E-state index contributed by atoms with van der Waals surface area (Å²) in [6.07, 6.45) is 2.52. The van der Waals surface area contributed by atoms with Gasteiger partial charge >= 0.3 is 0 Å². The molecule has 0 saturated carbocycles. The van der Waals surface area contributed by atoms with Gasteiger partial charge in [0.1, 0.15) is 24.0 Å². The molecule has 0 unspecified atom stereocenters. The highest BCUT2D eigenvalue weighted by Crippen LogP contribution is 2.27. The van der Waals surface area contributed by atoms with Gasteiger partial charge in [-0.05, 0) is 42.9 Å². The molecule has 158 valence electrons. The second kappa shape index (κ2) is 9.75. The Morgan fingerprint density at radius 3 is 2.79 bits per heavy atom. The molecule has 0 amide bonds. The highest BCUT2D eigenvalue weighted by atomic mass is 35.5. The molecule has 29 heavy (non-hydrogen) atoms. The first kappa shape index (κ1) is 21.8. The second-order valence-electron chi connectivity index (χ2n) is 8.28. The van der Waals surface area contributed by atoms with Crippen molar-refractivity contribution in [3.8, 4) is 0 Å². The highest BCUT2D eigenvalue weighted by Gasteiger charge is 2.17. The van der Waals surface area contributed by atoms with Gasteiger partial charge in [-0.1, -0.05) is 19.6 Å². The largest absolute Gasteiger partial charge is 0.467 e. The van der Waals surface area contributed by atoms with E-state index in [1.807, 2.05) is 19.2 Å². The third-order valence-corrected chi connectivity index (χ3v) is 6.54. The third-order valence-electron chi connectivity index (χ3n) is 4.67. The summed E-state index contributed by atoms with van der Waals surface area (Å²) in [4.78, 5) is 8.90. The van der Waals surface area contributed by atoms with Crippen LogP contribution < -0.4 is 10.6 Å². The van der Waals surface area contributed by atoms with Crippen LogP contribution in [0.15, 0.2) is 28.9 Å². The van der Waals surface area contributed by atoms with Crippen molar-refractivity contribution in [2.45, 2.75) is 45.4 Å². The number of likely N-dealkylation sites (N-methyl/N-ethyl adjacent to an activating group) is 1. The van der Waals surface area contributed by atoms with Crippen LogP contribution in [0.3, 0.4) is 0 Å². The highest BCUT2D eigenvalue weighted by molar-refractivity contribution is 6.76. The number of furan rings is 1. The minimum Gasteiger partial charge on any atom is -0.467 e. The molecule has 3 heterocycles. The van der Waals surface area contributed by atoms with Gasteiger partial charge in [-0.3, -0.25) is 0 Å². The van der Waals surface area contributed by atoms with Crippen molar-refractivity contribution in [1.82, 2.24) is 19.9 Å². The first-order valence-corrected chi connectivity index (χ1v) is 14.0. The monoisotopic (exact) mass is 435 g/mol. The van der Waals surface area contributed by atoms with Crippen LogP contribution >= 0.6 is 11.6 Å². The maximum atomic E-state index is 6.24. The normalized spacial score (nSPS) is 12.0. The Bertz CT molecular complexity index is 921. The van der Waals surface area contributed by atoms with E-state index in [9.17, 15) is 0 Å². The quantitative estimate of drug-likeness (QED) is 0.264. The fourth-order valence-electron chi connectivity index (χ4n) is 3.01. The molecule has 3 rings (SSSR count). The van der Waals surface area contributed by atoms with Crippen molar-refractivity contribution in [3.63, 3.8) is 0 Å². The number of ether oxygens (including phenoxy) is 1. The number of halogens is 1. The number of nitrogens with zero attached hydrogens (tertiary/aromatic N) is 3. The van der Waals surface area contributed by atoms with Gasteiger partial charge in [0, 0.05) is 33.3 Å². The van der Waals surface area contributed by atoms with Gasteiger partial charge in [-0.2, -0.15) is 4.98 Å². The molecule has 0 aliphatic rings. The molecule has 0 aromatic carbocycles. The average molecular weight is 436 g/mol. The number of rotatable bonds is 11. The van der Waals surface area contributed by atoms with E-state index in [0.717, 1.165) is 48.1 Å². The van der Waals surface area contributed by atoms with Crippen molar-refractivity contribution in [1.29, 1.82) is 0 Å². The lowest BCUT2D eigenvalue weighted by molar-refractivity contribution is 0.0881. The van der Waals surface area contributed by atoms with E-state index < -0.39 is 8.07 Å². The van der Waals surface area contributed by atoms with Crippen LogP contribution in [0.25, 0.3) is 11.0 Å². The number of aromatic nitrogens is 3. The zero-order valence-electron chi connectivity index (χ0n) is 17.6. The number of fused-ring (bicyclic) bond motifs is 1. The average Bonchev–Trinajstić information content (AvgIpc) is 3.29. The van der Waals surface area contributed by atoms with E-state index in [4.69, 9.17) is 20.8 Å². The van der Waals surface area contributed by atoms with Crippen LogP contribution in [0.5, 0.6) is 0 Å². The Morgan fingerprint density at radius 1 is 1.28 bits per heavy atom. The Morgan fingerprint density at radius 2 is 2.10 bits per heavy atom. The molecule has 3 aromatic rings. The van der Waals surface area contributed by atoms with Gasteiger partial charge in [0.15, 0.2) is 0 Å². The Balaban J connectivity index is 1.86. The van der Waals surface area contributed by atoms with E-state index in [-0.39, 0.29) is 5.28 Å². The van der Waals surface area contributed by atoms with Crippen LogP contribution in [0, 0.1) is 0 Å². The predicted octanol–water partition coefficient (Wildman–Crippen LogP) is 4.36. The molecule has 0 saturated heterocycles. The maximum absolute atomic E-state index is 6.24. The molecule has 2 N–H and O–H groups in total. The molecule has 9 heteroatoms. The first-order valence-electron chi connectivity index (χ1n) is 9.91. The van der Waals surface area contributed by atoms with Crippen LogP contribution in [0.2, 0.25) is 31.0 Å². The first-order chi connectivity index (χ1) is 13.9. The SMILES string of the molecule is CNCCc1cc2c(NCc3ccco3)nc(Cl)nc2n1COCC[Si](C)(C)C. The van der Waals surface area contributed by atoms with E-state index in [0.29, 0.717) is 19.1 Å². The van der Waals surface area contributed by atoms with Crippen LogP contribution in [0.1, 0.15) is 11.5 Å². The molecule has 0 fully saturated rings. The van der Waals surface area contributed by atoms with Gasteiger partial charge in [0.25, 0.3) is 0 Å². The number of nitrogens with one attached hydrogen (secondary N) is 2. The molecular weight excluding hydrogens is 406 g/mol. The zero-order chi connectivity index (χ0) is 20.9. The summed E-state index contributed by atoms with van der Waals surface area (Å²) < 4.78 is 13.5. The fourth-order valence-corrected chi connectivity index (χ4v) is 3.93. The van der Waals surface area contributed by atoms with Crippen molar-refractivity contribution in [3.05, 3.63) is 41.2 Å². The zero-order valence-corrected chi connectivity index (χ0v) is 19.3. The summed E-state index contributed by atoms with van der Waals surface area (Å²) in [6.45, 7) is 9.65. The van der Waals surface area contributed by atoms with Gasteiger partial charge in [0.05, 0.1) is 18.2 Å². The lowest BCUT2D eigenvalue weighted by Crippen LogP contribution is -2.22.